The van der Waals surface area contributed by atoms with E-state index in [4.69, 9.17) is 13.9 Å². The Kier molecular flexibility index (Phi) is 5.65. The summed E-state index contributed by atoms with van der Waals surface area (Å²) >= 11 is 0. The van der Waals surface area contributed by atoms with E-state index in [1.807, 2.05) is 18.2 Å². The maximum absolute atomic E-state index is 12.7. The minimum Gasteiger partial charge on any atom is -0.493 e. The topological polar surface area (TPSA) is 104 Å². The zero-order valence-corrected chi connectivity index (χ0v) is 17.3. The highest BCUT2D eigenvalue weighted by molar-refractivity contribution is 5.95. The highest BCUT2D eigenvalue weighted by atomic mass is 16.5. The zero-order chi connectivity index (χ0) is 21.8. The number of carbonyl (C=O) groups excluding carboxylic acids is 1. The van der Waals surface area contributed by atoms with Crippen molar-refractivity contribution in [2.45, 2.75) is 13.5 Å². The third-order valence-corrected chi connectivity index (χ3v) is 4.76. The third-order valence-electron chi connectivity index (χ3n) is 4.76. The molecule has 9 heteroatoms. The molecular weight excluding hydrogens is 398 g/mol. The van der Waals surface area contributed by atoms with E-state index in [9.17, 15) is 4.79 Å². The van der Waals surface area contributed by atoms with Gasteiger partial charge in [-0.3, -0.25) is 4.79 Å². The average molecular weight is 419 g/mol. The fourth-order valence-electron chi connectivity index (χ4n) is 3.11. The second kappa shape index (κ2) is 8.70. The van der Waals surface area contributed by atoms with E-state index in [2.05, 4.69) is 20.4 Å². The zero-order valence-electron chi connectivity index (χ0n) is 17.3. The number of methoxy groups -OCH3 is 2. The number of aromatic nitrogens is 4. The van der Waals surface area contributed by atoms with Crippen molar-refractivity contribution in [2.24, 2.45) is 0 Å². The molecule has 0 bridgehead atoms. The van der Waals surface area contributed by atoms with Crippen LogP contribution in [-0.2, 0) is 6.54 Å². The molecule has 4 rings (SSSR count). The lowest BCUT2D eigenvalue weighted by Gasteiger charge is -2.10. The maximum Gasteiger partial charge on any atom is 0.255 e. The van der Waals surface area contributed by atoms with Gasteiger partial charge in [-0.25, -0.2) is 14.6 Å². The van der Waals surface area contributed by atoms with Crippen LogP contribution in [0.1, 0.15) is 21.6 Å². The van der Waals surface area contributed by atoms with Crippen LogP contribution in [0.3, 0.4) is 0 Å². The van der Waals surface area contributed by atoms with Crippen LogP contribution < -0.4 is 14.8 Å². The van der Waals surface area contributed by atoms with Crippen LogP contribution in [0.15, 0.2) is 59.5 Å². The molecule has 0 radical (unpaired) electrons. The molecule has 1 amide bonds. The van der Waals surface area contributed by atoms with Gasteiger partial charge in [0.1, 0.15) is 5.69 Å². The van der Waals surface area contributed by atoms with Crippen molar-refractivity contribution < 1.29 is 18.7 Å². The summed E-state index contributed by atoms with van der Waals surface area (Å²) in [6, 6.07) is 10.8. The van der Waals surface area contributed by atoms with Crippen LogP contribution in [0.4, 0.5) is 0 Å². The van der Waals surface area contributed by atoms with E-state index in [0.29, 0.717) is 46.7 Å². The molecule has 0 saturated carbocycles. The molecule has 3 heterocycles. The summed E-state index contributed by atoms with van der Waals surface area (Å²) in [6.07, 6.45) is 4.71. The summed E-state index contributed by atoms with van der Waals surface area (Å²) < 4.78 is 17.5. The summed E-state index contributed by atoms with van der Waals surface area (Å²) in [5, 5.41) is 7.20. The predicted octanol–water partition coefficient (Wildman–Crippen LogP) is 3.18. The molecule has 0 atom stereocenters. The Morgan fingerprint density at radius 2 is 2.00 bits per heavy atom. The molecule has 3 aromatic heterocycles. The number of rotatable bonds is 7. The first-order chi connectivity index (χ1) is 15.1. The molecule has 1 N–H and O–H groups in total. The molecule has 0 aliphatic rings. The van der Waals surface area contributed by atoms with Crippen molar-refractivity contribution in [1.82, 2.24) is 25.1 Å². The number of benzene rings is 1. The molecule has 0 aliphatic carbocycles. The van der Waals surface area contributed by atoms with Gasteiger partial charge in [-0.1, -0.05) is 6.07 Å². The number of carbonyl (C=O) groups is 1. The Morgan fingerprint density at radius 1 is 1.16 bits per heavy atom. The number of hydrogen-bond acceptors (Lipinski definition) is 7. The SMILES string of the molecule is COc1ccc(CNC(=O)c2cnn(-c3nccc(-c4ccco4)n3)c2C)cc1OC. The normalized spacial score (nSPS) is 10.7. The molecule has 0 unspecified atom stereocenters. The number of ether oxygens (including phenoxy) is 2. The van der Waals surface area contributed by atoms with Crippen molar-refractivity contribution in [1.29, 1.82) is 0 Å². The Balaban J connectivity index is 1.51. The van der Waals surface area contributed by atoms with Crippen molar-refractivity contribution in [3.05, 3.63) is 71.9 Å². The van der Waals surface area contributed by atoms with E-state index in [-0.39, 0.29) is 5.91 Å². The second-order valence-corrected chi connectivity index (χ2v) is 6.65. The quantitative estimate of drug-likeness (QED) is 0.491. The Hall–Kier alpha value is -4.14. The van der Waals surface area contributed by atoms with Crippen LogP contribution >= 0.6 is 0 Å². The highest BCUT2D eigenvalue weighted by Crippen LogP contribution is 2.27. The first-order valence-corrected chi connectivity index (χ1v) is 9.51. The van der Waals surface area contributed by atoms with Crippen LogP contribution in [0, 0.1) is 6.92 Å². The molecular formula is C22H21N5O4. The fourth-order valence-corrected chi connectivity index (χ4v) is 3.11. The van der Waals surface area contributed by atoms with E-state index < -0.39 is 0 Å². The molecule has 0 fully saturated rings. The van der Waals surface area contributed by atoms with Crippen molar-refractivity contribution >= 4 is 5.91 Å². The predicted molar refractivity (Wildman–Crippen MR) is 112 cm³/mol. The van der Waals surface area contributed by atoms with Crippen LogP contribution in [0.5, 0.6) is 11.5 Å². The fraction of sp³-hybridized carbons (Fsp3) is 0.182. The molecule has 158 valence electrons. The van der Waals surface area contributed by atoms with E-state index >= 15 is 0 Å². The first-order valence-electron chi connectivity index (χ1n) is 9.51. The van der Waals surface area contributed by atoms with Gasteiger partial charge in [0.05, 0.1) is 37.9 Å². The smallest absolute Gasteiger partial charge is 0.255 e. The minimum atomic E-state index is -0.249. The molecule has 9 nitrogen and oxygen atoms in total. The van der Waals surface area contributed by atoms with E-state index in [0.717, 1.165) is 5.56 Å². The summed E-state index contributed by atoms with van der Waals surface area (Å²) in [5.74, 6) is 1.96. The van der Waals surface area contributed by atoms with E-state index in [1.54, 1.807) is 51.8 Å². The van der Waals surface area contributed by atoms with Gasteiger partial charge in [-0.2, -0.15) is 5.10 Å². The van der Waals surface area contributed by atoms with Gasteiger partial charge in [0.25, 0.3) is 11.9 Å². The number of furan rings is 1. The van der Waals surface area contributed by atoms with Gasteiger partial charge in [-0.15, -0.1) is 0 Å². The minimum absolute atomic E-state index is 0.249. The van der Waals surface area contributed by atoms with Crippen molar-refractivity contribution in [2.75, 3.05) is 14.2 Å². The van der Waals surface area contributed by atoms with Crippen LogP contribution in [0.25, 0.3) is 17.4 Å². The summed E-state index contributed by atoms with van der Waals surface area (Å²) in [5.41, 5.74) is 2.57. The Labute approximate surface area is 178 Å². The lowest BCUT2D eigenvalue weighted by Crippen LogP contribution is -2.23. The van der Waals surface area contributed by atoms with Gasteiger partial charge >= 0.3 is 0 Å². The summed E-state index contributed by atoms with van der Waals surface area (Å²) in [6.45, 7) is 2.12. The third kappa shape index (κ3) is 4.11. The lowest BCUT2D eigenvalue weighted by atomic mass is 10.2. The van der Waals surface area contributed by atoms with Gasteiger partial charge in [0.15, 0.2) is 17.3 Å². The molecule has 4 aromatic rings. The monoisotopic (exact) mass is 419 g/mol. The van der Waals surface area contributed by atoms with Crippen LogP contribution in [-0.4, -0.2) is 39.9 Å². The van der Waals surface area contributed by atoms with Crippen molar-refractivity contribution in [3.63, 3.8) is 0 Å². The maximum atomic E-state index is 12.7. The lowest BCUT2D eigenvalue weighted by molar-refractivity contribution is 0.0950. The largest absolute Gasteiger partial charge is 0.493 e. The van der Waals surface area contributed by atoms with Crippen molar-refractivity contribution in [3.8, 4) is 28.9 Å². The second-order valence-electron chi connectivity index (χ2n) is 6.65. The Morgan fingerprint density at radius 3 is 2.74 bits per heavy atom. The van der Waals surface area contributed by atoms with E-state index in [1.165, 1.54) is 10.9 Å². The highest BCUT2D eigenvalue weighted by Gasteiger charge is 2.17. The average Bonchev–Trinajstić information content (AvgIpc) is 3.47. The summed E-state index contributed by atoms with van der Waals surface area (Å²) in [4.78, 5) is 21.5. The summed E-state index contributed by atoms with van der Waals surface area (Å²) in [7, 11) is 3.15. The molecule has 1 aromatic carbocycles. The van der Waals surface area contributed by atoms with Crippen LogP contribution in [0.2, 0.25) is 0 Å². The van der Waals surface area contributed by atoms with Gasteiger partial charge in [-0.05, 0) is 42.8 Å². The number of amides is 1. The first kappa shape index (κ1) is 20.1. The molecule has 0 saturated heterocycles. The van der Waals surface area contributed by atoms with Gasteiger partial charge in [0, 0.05) is 12.7 Å². The molecule has 0 aliphatic heterocycles. The molecule has 0 spiro atoms. The number of nitrogens with one attached hydrogen (secondary N) is 1. The Bertz CT molecular complexity index is 1200. The van der Waals surface area contributed by atoms with Gasteiger partial charge in [0.2, 0.25) is 0 Å². The standard InChI is InChI=1S/C22H21N5O4/c1-14-16(21(28)24-12-15-6-7-19(29-2)20(11-15)30-3)13-25-27(14)22-23-9-8-17(26-22)18-5-4-10-31-18/h4-11,13H,12H2,1-3H3,(H,24,28). The number of hydrogen-bond donors (Lipinski definition) is 1. The number of nitrogens with zero attached hydrogens (tertiary/aromatic N) is 4. The van der Waals surface area contributed by atoms with Gasteiger partial charge < -0.3 is 19.2 Å². The molecule has 31 heavy (non-hydrogen) atoms.